The van der Waals surface area contributed by atoms with Gasteiger partial charge in [-0.25, -0.2) is 24.9 Å². The maximum Gasteiger partial charge on any atom is 0.164 e. The standard InChI is InChI=1S/C52H34N4.C51H33N5/c1-4-17-35(18-5-1)40-25-10-11-26-41(40)45-34-44(53-52(54-45)36-19-6-2-7-20-36)37-21-16-24-39(33-37)56-47-30-15-13-28-43(47)51-49(56)32-31-48-50(51)42-27-12-14-29-46(42)55(48)38-22-8-3-9-23-38;1-4-16-34(17-5-1)36-20-14-21-37(32-36)50-52-49(35-18-6-2-7-19-35)53-51(54-50)38-22-15-25-40(33-38)56-44-29-13-11-27-42(44)48-46(56)31-30-45-47(48)41-26-10-12-28-43(41)55(45)39-23-8-3-9-24-39/h1-34H;1-33H. The highest BCUT2D eigenvalue weighted by molar-refractivity contribution is 6.30. The first kappa shape index (κ1) is 65.1. The van der Waals surface area contributed by atoms with E-state index in [1.807, 2.05) is 54.6 Å². The van der Waals surface area contributed by atoms with Crippen molar-refractivity contribution in [1.29, 1.82) is 0 Å². The van der Waals surface area contributed by atoms with E-state index < -0.39 is 0 Å². The highest BCUT2D eigenvalue weighted by Crippen LogP contribution is 2.46. The summed E-state index contributed by atoms with van der Waals surface area (Å²) in [5.74, 6) is 2.58. The van der Waals surface area contributed by atoms with Gasteiger partial charge in [0.25, 0.3) is 0 Å². The monoisotopic (exact) mass is 1430 g/mol. The van der Waals surface area contributed by atoms with Gasteiger partial charge in [-0.2, -0.15) is 0 Å². The first-order valence-electron chi connectivity index (χ1n) is 37.9. The number of para-hydroxylation sites is 6. The Morgan fingerprint density at radius 2 is 0.438 bits per heavy atom. The summed E-state index contributed by atoms with van der Waals surface area (Å²) in [5, 5.41) is 9.91. The van der Waals surface area contributed by atoms with Gasteiger partial charge in [-0.1, -0.05) is 297 Å². The van der Waals surface area contributed by atoms with E-state index in [0.29, 0.717) is 23.3 Å². The summed E-state index contributed by atoms with van der Waals surface area (Å²) in [6.45, 7) is 0. The molecule has 0 aliphatic carbocycles. The number of fused-ring (bicyclic) bond motifs is 14. The van der Waals surface area contributed by atoms with Crippen molar-refractivity contribution in [3.63, 3.8) is 0 Å². The summed E-state index contributed by atoms with van der Waals surface area (Å²) in [5.41, 5.74) is 25.9. The van der Waals surface area contributed by atoms with Gasteiger partial charge in [-0.15, -0.1) is 0 Å². The molecule has 22 rings (SSSR count). The summed E-state index contributed by atoms with van der Waals surface area (Å²) in [6, 6.07) is 143. The molecule has 9 nitrogen and oxygen atoms in total. The van der Waals surface area contributed by atoms with E-state index in [1.165, 1.54) is 65.2 Å². The maximum atomic E-state index is 5.23. The summed E-state index contributed by atoms with van der Waals surface area (Å²) < 4.78 is 9.57. The number of benzene rings is 16. The molecule has 0 saturated carbocycles. The van der Waals surface area contributed by atoms with Gasteiger partial charge >= 0.3 is 0 Å². The third-order valence-electron chi connectivity index (χ3n) is 21.7. The molecule has 0 N–H and O–H groups in total. The Hall–Kier alpha value is -15.2. The summed E-state index contributed by atoms with van der Waals surface area (Å²) in [4.78, 5) is 25.7. The van der Waals surface area contributed by atoms with Gasteiger partial charge in [0.15, 0.2) is 23.3 Å². The van der Waals surface area contributed by atoms with Crippen LogP contribution in [0.15, 0.2) is 406 Å². The fraction of sp³-hybridized carbons (Fsp3) is 0. The third-order valence-corrected chi connectivity index (χ3v) is 21.7. The Labute approximate surface area is 645 Å². The van der Waals surface area contributed by atoms with Crippen LogP contribution in [0.25, 0.3) is 200 Å². The second-order valence-electron chi connectivity index (χ2n) is 28.2. The second kappa shape index (κ2) is 27.5. The molecule has 0 aliphatic heterocycles. The second-order valence-corrected chi connectivity index (χ2v) is 28.2. The highest BCUT2D eigenvalue weighted by Gasteiger charge is 2.25. The molecule has 0 spiro atoms. The minimum absolute atomic E-state index is 0.620. The minimum Gasteiger partial charge on any atom is -0.309 e. The Balaban J connectivity index is 0.000000141. The van der Waals surface area contributed by atoms with Crippen molar-refractivity contribution in [3.8, 4) is 113 Å². The first-order chi connectivity index (χ1) is 55.6. The van der Waals surface area contributed by atoms with Crippen LogP contribution >= 0.6 is 0 Å². The molecule has 0 unspecified atom stereocenters. The normalized spacial score (nSPS) is 11.6. The van der Waals surface area contributed by atoms with E-state index in [2.05, 4.69) is 370 Å². The zero-order chi connectivity index (χ0) is 74.0. The van der Waals surface area contributed by atoms with Crippen LogP contribution in [0.3, 0.4) is 0 Å². The lowest BCUT2D eigenvalue weighted by molar-refractivity contribution is 1.07. The van der Waals surface area contributed by atoms with Gasteiger partial charge in [0.1, 0.15) is 0 Å². The third kappa shape index (κ3) is 11.3. The van der Waals surface area contributed by atoms with Crippen molar-refractivity contribution < 1.29 is 0 Å². The lowest BCUT2D eigenvalue weighted by Gasteiger charge is -2.14. The van der Waals surface area contributed by atoms with E-state index in [1.54, 1.807) is 0 Å². The summed E-state index contributed by atoms with van der Waals surface area (Å²) in [7, 11) is 0. The van der Waals surface area contributed by atoms with E-state index in [9.17, 15) is 0 Å². The molecule has 22 aromatic rings. The molecule has 524 valence electrons. The molecule has 0 fully saturated rings. The van der Waals surface area contributed by atoms with Crippen molar-refractivity contribution in [2.75, 3.05) is 0 Å². The highest BCUT2D eigenvalue weighted by atomic mass is 15.0. The van der Waals surface area contributed by atoms with Crippen LogP contribution in [0.2, 0.25) is 0 Å². The molecule has 16 aromatic carbocycles. The molecule has 6 aromatic heterocycles. The molecule has 9 heteroatoms. The smallest absolute Gasteiger partial charge is 0.164 e. The molecule has 112 heavy (non-hydrogen) atoms. The molecule has 0 saturated heterocycles. The Bertz CT molecular complexity index is 7350. The zero-order valence-corrected chi connectivity index (χ0v) is 60.7. The fourth-order valence-corrected chi connectivity index (χ4v) is 16.7. The van der Waals surface area contributed by atoms with Crippen molar-refractivity contribution in [2.24, 2.45) is 0 Å². The van der Waals surface area contributed by atoms with E-state index in [-0.39, 0.29) is 0 Å². The van der Waals surface area contributed by atoms with E-state index >= 15 is 0 Å². The molecule has 0 aliphatic rings. The zero-order valence-electron chi connectivity index (χ0n) is 60.7. The molecular formula is C103H67N9. The van der Waals surface area contributed by atoms with E-state index in [0.717, 1.165) is 112 Å². The van der Waals surface area contributed by atoms with Gasteiger partial charge in [-0.3, -0.25) is 0 Å². The first-order valence-corrected chi connectivity index (χ1v) is 37.9. The van der Waals surface area contributed by atoms with Crippen molar-refractivity contribution in [3.05, 3.63) is 406 Å². The van der Waals surface area contributed by atoms with Crippen LogP contribution in [0.4, 0.5) is 0 Å². The maximum absolute atomic E-state index is 5.23. The molecule has 0 bridgehead atoms. The van der Waals surface area contributed by atoms with Gasteiger partial charge < -0.3 is 18.3 Å². The summed E-state index contributed by atoms with van der Waals surface area (Å²) >= 11 is 0. The van der Waals surface area contributed by atoms with Crippen molar-refractivity contribution >= 4 is 87.2 Å². The number of nitrogens with zero attached hydrogens (tertiary/aromatic N) is 9. The van der Waals surface area contributed by atoms with Crippen LogP contribution < -0.4 is 0 Å². The fourth-order valence-electron chi connectivity index (χ4n) is 16.7. The number of hydrogen-bond acceptors (Lipinski definition) is 5. The largest absolute Gasteiger partial charge is 0.309 e. The van der Waals surface area contributed by atoms with Crippen molar-refractivity contribution in [2.45, 2.75) is 0 Å². The lowest BCUT2D eigenvalue weighted by atomic mass is 9.96. The van der Waals surface area contributed by atoms with Gasteiger partial charge in [-0.05, 0) is 131 Å². The quantitative estimate of drug-likeness (QED) is 0.122. The number of rotatable bonds is 12. The number of hydrogen-bond donors (Lipinski definition) is 0. The molecule has 0 amide bonds. The van der Waals surface area contributed by atoms with Crippen LogP contribution in [0.5, 0.6) is 0 Å². The summed E-state index contributed by atoms with van der Waals surface area (Å²) in [6.07, 6.45) is 0. The number of aromatic nitrogens is 9. The van der Waals surface area contributed by atoms with E-state index in [4.69, 9.17) is 24.9 Å². The van der Waals surface area contributed by atoms with Gasteiger partial charge in [0, 0.05) is 99.2 Å². The van der Waals surface area contributed by atoms with Crippen LogP contribution in [-0.2, 0) is 0 Å². The average molecular weight is 1430 g/mol. The predicted octanol–water partition coefficient (Wildman–Crippen LogP) is 26.1. The van der Waals surface area contributed by atoms with Gasteiger partial charge in [0.05, 0.1) is 55.5 Å². The van der Waals surface area contributed by atoms with Crippen LogP contribution in [0.1, 0.15) is 0 Å². The Kier molecular flexibility index (Phi) is 16.0. The minimum atomic E-state index is 0.620. The molecule has 0 radical (unpaired) electrons. The van der Waals surface area contributed by atoms with Crippen LogP contribution in [-0.4, -0.2) is 43.2 Å². The Morgan fingerprint density at radius 3 is 0.884 bits per heavy atom. The molecule has 6 heterocycles. The molecule has 0 atom stereocenters. The lowest BCUT2D eigenvalue weighted by Crippen LogP contribution is -2.01. The Morgan fingerprint density at radius 1 is 0.152 bits per heavy atom. The predicted molar refractivity (Wildman–Crippen MR) is 463 cm³/mol. The van der Waals surface area contributed by atoms with Crippen molar-refractivity contribution in [1.82, 2.24) is 43.2 Å². The van der Waals surface area contributed by atoms with Gasteiger partial charge in [0.2, 0.25) is 0 Å². The SMILES string of the molecule is c1ccc(-c2cccc(-c3nc(-c4ccccc4)nc(-c4cccc(-n5c6ccccc6c6c7c8ccccc8n(-c8ccccc8)c7ccc65)c4)n3)c2)cc1.c1ccc(-c2nc(-c3cccc(-n4c5ccccc5c5c6c7ccccc7n(-c7ccccc7)c6ccc54)c3)cc(-c3ccccc3-c3ccccc3)n2)cc1. The molecular weight excluding hydrogens is 1360 g/mol. The average Bonchev–Trinajstić information content (AvgIpc) is 1.55. The van der Waals surface area contributed by atoms with Crippen LogP contribution in [0, 0.1) is 0 Å². The topological polar surface area (TPSA) is 84.2 Å².